The lowest BCUT2D eigenvalue weighted by Crippen LogP contribution is -2.17. The van der Waals surface area contributed by atoms with Gasteiger partial charge in [-0.3, -0.25) is 0 Å². The van der Waals surface area contributed by atoms with Crippen LogP contribution in [0.2, 0.25) is 0 Å². The van der Waals surface area contributed by atoms with Gasteiger partial charge in [-0.25, -0.2) is 8.78 Å². The Kier molecular flexibility index (Phi) is 14.7. The van der Waals surface area contributed by atoms with Gasteiger partial charge in [-0.1, -0.05) is 121 Å². The van der Waals surface area contributed by atoms with Gasteiger partial charge in [-0.05, 0) is 86.5 Å². The van der Waals surface area contributed by atoms with Crippen LogP contribution in [0.25, 0.3) is 5.57 Å². The molecule has 0 heterocycles. The largest absolute Gasteiger partial charge is 0.207 e. The average molecular weight is 527 g/mol. The molecular weight excluding hydrogens is 470 g/mol. The molecule has 3 rings (SSSR count). The summed E-state index contributed by atoms with van der Waals surface area (Å²) in [6.07, 6.45) is 31.6. The van der Waals surface area contributed by atoms with E-state index in [0.29, 0.717) is 6.42 Å². The van der Waals surface area contributed by atoms with Crippen molar-refractivity contribution in [1.29, 1.82) is 0 Å². The van der Waals surface area contributed by atoms with Gasteiger partial charge in [-0.2, -0.15) is 0 Å². The Morgan fingerprint density at radius 2 is 1.18 bits per heavy atom. The van der Waals surface area contributed by atoms with E-state index in [0.717, 1.165) is 48.7 Å². The van der Waals surface area contributed by atoms with E-state index in [1.165, 1.54) is 109 Å². The number of benzene rings is 1. The van der Waals surface area contributed by atoms with Crippen LogP contribution in [-0.4, -0.2) is 0 Å². The van der Waals surface area contributed by atoms with Gasteiger partial charge in [0, 0.05) is 5.56 Å². The summed E-state index contributed by atoms with van der Waals surface area (Å²) >= 11 is 0. The van der Waals surface area contributed by atoms with Crippen molar-refractivity contribution in [3.63, 3.8) is 0 Å². The second-order valence-electron chi connectivity index (χ2n) is 12.4. The van der Waals surface area contributed by atoms with Crippen molar-refractivity contribution in [2.75, 3.05) is 0 Å². The number of unbranched alkanes of at least 4 members (excludes halogenated alkanes) is 12. The third kappa shape index (κ3) is 10.6. The minimum atomic E-state index is -0.359. The molecule has 214 valence electrons. The summed E-state index contributed by atoms with van der Waals surface area (Å²) in [5.41, 5.74) is 3.67. The number of allylic oxidation sites excluding steroid dienone is 4. The smallest absolute Gasteiger partial charge is 0.129 e. The lowest BCUT2D eigenvalue weighted by Gasteiger charge is -2.31. The predicted octanol–water partition coefficient (Wildman–Crippen LogP) is 12.3. The van der Waals surface area contributed by atoms with Crippen molar-refractivity contribution in [2.24, 2.45) is 11.8 Å². The number of hydrogen-bond donors (Lipinski definition) is 0. The quantitative estimate of drug-likeness (QED) is 0.167. The first-order valence-electron chi connectivity index (χ1n) is 16.5. The molecule has 2 aliphatic rings. The molecule has 0 unspecified atom stereocenters. The third-order valence-corrected chi connectivity index (χ3v) is 9.31. The maximum Gasteiger partial charge on any atom is 0.129 e. The molecule has 1 saturated carbocycles. The van der Waals surface area contributed by atoms with E-state index in [1.807, 2.05) is 0 Å². The van der Waals surface area contributed by atoms with Gasteiger partial charge in [0.25, 0.3) is 0 Å². The molecule has 0 bridgehead atoms. The Bertz CT molecular complexity index is 833. The molecule has 1 fully saturated rings. The van der Waals surface area contributed by atoms with E-state index in [4.69, 9.17) is 0 Å². The molecule has 38 heavy (non-hydrogen) atoms. The first-order valence-corrected chi connectivity index (χ1v) is 16.5. The molecule has 0 atom stereocenters. The molecule has 0 aliphatic heterocycles. The zero-order valence-corrected chi connectivity index (χ0v) is 24.8. The zero-order valence-electron chi connectivity index (χ0n) is 24.8. The van der Waals surface area contributed by atoms with Crippen LogP contribution in [-0.2, 0) is 6.42 Å². The molecule has 2 heteroatoms. The van der Waals surface area contributed by atoms with Gasteiger partial charge in [0.2, 0.25) is 0 Å². The van der Waals surface area contributed by atoms with Crippen molar-refractivity contribution in [3.05, 3.63) is 52.6 Å². The third-order valence-electron chi connectivity index (χ3n) is 9.31. The average Bonchev–Trinajstić information content (AvgIpc) is 2.93. The van der Waals surface area contributed by atoms with Crippen molar-refractivity contribution >= 4 is 5.57 Å². The lowest BCUT2D eigenvalue weighted by molar-refractivity contribution is 0.278. The van der Waals surface area contributed by atoms with E-state index in [2.05, 4.69) is 26.0 Å². The second kappa shape index (κ2) is 18.0. The van der Waals surface area contributed by atoms with Crippen LogP contribution >= 0.6 is 0 Å². The number of halogens is 2. The van der Waals surface area contributed by atoms with Gasteiger partial charge in [-0.15, -0.1) is 0 Å². The molecule has 0 radical (unpaired) electrons. The summed E-state index contributed by atoms with van der Waals surface area (Å²) in [7, 11) is 0. The fourth-order valence-corrected chi connectivity index (χ4v) is 6.73. The first kappa shape index (κ1) is 31.1. The normalized spacial score (nSPS) is 19.9. The van der Waals surface area contributed by atoms with Gasteiger partial charge < -0.3 is 0 Å². The zero-order chi connectivity index (χ0) is 27.0. The van der Waals surface area contributed by atoms with Crippen molar-refractivity contribution < 1.29 is 8.78 Å². The topological polar surface area (TPSA) is 0 Å². The maximum atomic E-state index is 14.9. The summed E-state index contributed by atoms with van der Waals surface area (Å²) in [4.78, 5) is 0. The summed E-state index contributed by atoms with van der Waals surface area (Å²) in [5, 5.41) is 0. The van der Waals surface area contributed by atoms with Crippen LogP contribution in [0.3, 0.4) is 0 Å². The van der Waals surface area contributed by atoms with Crippen LogP contribution in [0.5, 0.6) is 0 Å². The van der Waals surface area contributed by atoms with Crippen molar-refractivity contribution in [3.8, 4) is 0 Å². The van der Waals surface area contributed by atoms with Gasteiger partial charge in [0.1, 0.15) is 11.6 Å². The van der Waals surface area contributed by atoms with Gasteiger partial charge >= 0.3 is 0 Å². The summed E-state index contributed by atoms with van der Waals surface area (Å²) in [6, 6.07) is 3.17. The Morgan fingerprint density at radius 3 is 1.74 bits per heavy atom. The van der Waals surface area contributed by atoms with Crippen LogP contribution in [0.15, 0.2) is 29.9 Å². The first-order chi connectivity index (χ1) is 18.6. The highest BCUT2D eigenvalue weighted by atomic mass is 19.1. The van der Waals surface area contributed by atoms with Crippen molar-refractivity contribution in [1.82, 2.24) is 0 Å². The van der Waals surface area contributed by atoms with E-state index >= 15 is 0 Å². The molecule has 0 spiro atoms. The van der Waals surface area contributed by atoms with Crippen LogP contribution in [0.1, 0.15) is 160 Å². The Balaban J connectivity index is 1.41. The molecule has 0 amide bonds. The molecule has 0 aromatic heterocycles. The van der Waals surface area contributed by atoms with E-state index < -0.39 is 0 Å². The summed E-state index contributed by atoms with van der Waals surface area (Å²) < 4.78 is 29.7. The summed E-state index contributed by atoms with van der Waals surface area (Å²) in [5.74, 6) is 0.934. The number of rotatable bonds is 18. The van der Waals surface area contributed by atoms with Crippen molar-refractivity contribution in [2.45, 2.75) is 155 Å². The lowest BCUT2D eigenvalue weighted by atomic mass is 9.74. The highest BCUT2D eigenvalue weighted by Crippen LogP contribution is 2.40. The molecule has 0 saturated heterocycles. The SMILES string of the molecule is CCCCCCCCCCc1c(F)cc(C2=CC=C(C3CCC(CCCCCCCC)CC3)CC2)cc1F. The maximum absolute atomic E-state index is 14.9. The van der Waals surface area contributed by atoms with E-state index in [9.17, 15) is 8.78 Å². The van der Waals surface area contributed by atoms with E-state index in [1.54, 1.807) is 17.7 Å². The van der Waals surface area contributed by atoms with Gasteiger partial charge in [0.15, 0.2) is 0 Å². The minimum absolute atomic E-state index is 0.282. The standard InChI is InChI=1S/C36H56F2/c1-3-5-7-9-11-12-14-16-18-34-35(37)27-33(28-36(34)38)32-25-23-31(24-26-32)30-21-19-29(20-22-30)17-15-13-10-8-6-4-2/h23,25,27-30H,3-22,24,26H2,1-2H3. The molecular formula is C36H56F2. The monoisotopic (exact) mass is 526 g/mol. The highest BCUT2D eigenvalue weighted by molar-refractivity contribution is 5.69. The fourth-order valence-electron chi connectivity index (χ4n) is 6.73. The Morgan fingerprint density at radius 1 is 0.632 bits per heavy atom. The molecule has 1 aromatic carbocycles. The van der Waals surface area contributed by atoms with E-state index in [-0.39, 0.29) is 17.2 Å². The minimum Gasteiger partial charge on any atom is -0.207 e. The second-order valence-corrected chi connectivity index (χ2v) is 12.4. The number of hydrogen-bond acceptors (Lipinski definition) is 0. The van der Waals surface area contributed by atoms with Crippen LogP contribution < -0.4 is 0 Å². The fraction of sp³-hybridized carbons (Fsp3) is 0.722. The van der Waals surface area contributed by atoms with Crippen LogP contribution in [0.4, 0.5) is 8.78 Å². The molecule has 0 N–H and O–H groups in total. The Labute approximate surface area is 233 Å². The predicted molar refractivity (Wildman–Crippen MR) is 161 cm³/mol. The van der Waals surface area contributed by atoms with Gasteiger partial charge in [0.05, 0.1) is 0 Å². The molecule has 0 nitrogen and oxygen atoms in total. The summed E-state index contributed by atoms with van der Waals surface area (Å²) in [6.45, 7) is 4.52. The molecule has 2 aliphatic carbocycles. The molecule has 1 aromatic rings. The van der Waals surface area contributed by atoms with Crippen LogP contribution in [0, 0.1) is 23.5 Å². The Hall–Kier alpha value is -1.44. The highest BCUT2D eigenvalue weighted by Gasteiger charge is 2.25.